The van der Waals surface area contributed by atoms with Crippen LogP contribution in [0.3, 0.4) is 0 Å². The Kier molecular flexibility index (Phi) is 4.02. The first kappa shape index (κ1) is 13.9. The zero-order valence-corrected chi connectivity index (χ0v) is 13.0. The van der Waals surface area contributed by atoms with E-state index in [-0.39, 0.29) is 0 Å². The molecule has 20 heavy (non-hydrogen) atoms. The van der Waals surface area contributed by atoms with Gasteiger partial charge in [-0.2, -0.15) is 0 Å². The van der Waals surface area contributed by atoms with Gasteiger partial charge in [-0.1, -0.05) is 32.4 Å². The summed E-state index contributed by atoms with van der Waals surface area (Å²) in [6.45, 7) is 8.26. The van der Waals surface area contributed by atoms with Crippen molar-refractivity contribution in [3.63, 3.8) is 0 Å². The van der Waals surface area contributed by atoms with Gasteiger partial charge in [0.2, 0.25) is 0 Å². The molecular weight excluding hydrogens is 244 g/mol. The summed E-state index contributed by atoms with van der Waals surface area (Å²) in [6, 6.07) is 9.86. The van der Waals surface area contributed by atoms with E-state index in [2.05, 4.69) is 48.3 Å². The van der Waals surface area contributed by atoms with Crippen LogP contribution in [0.1, 0.15) is 51.5 Å². The molecule has 1 saturated carbocycles. The first-order valence-electron chi connectivity index (χ1n) is 8.22. The molecule has 2 heteroatoms. The van der Waals surface area contributed by atoms with Crippen LogP contribution < -0.4 is 10.2 Å². The normalized spacial score (nSPS) is 25.3. The third kappa shape index (κ3) is 3.01. The number of rotatable bonds is 4. The monoisotopic (exact) mass is 272 g/mol. The molecule has 1 aromatic rings. The zero-order valence-electron chi connectivity index (χ0n) is 13.0. The number of anilines is 1. The Morgan fingerprint density at radius 3 is 2.40 bits per heavy atom. The lowest BCUT2D eigenvalue weighted by molar-refractivity contribution is 0.282. The molecular formula is C18H28N2. The Balaban J connectivity index is 1.55. The van der Waals surface area contributed by atoms with Gasteiger partial charge in [0.05, 0.1) is 0 Å². The highest BCUT2D eigenvalue weighted by Gasteiger charge is 2.33. The number of nitrogens with zero attached hydrogens (tertiary/aromatic N) is 1. The van der Waals surface area contributed by atoms with Crippen LogP contribution in [0.15, 0.2) is 24.3 Å². The molecule has 1 N–H and O–H groups in total. The second kappa shape index (κ2) is 5.77. The summed E-state index contributed by atoms with van der Waals surface area (Å²) >= 11 is 0. The number of hydrogen-bond acceptors (Lipinski definition) is 2. The molecule has 1 aliphatic heterocycles. The topological polar surface area (TPSA) is 15.3 Å². The van der Waals surface area contributed by atoms with E-state index >= 15 is 0 Å². The van der Waals surface area contributed by atoms with Crippen molar-refractivity contribution >= 4 is 5.69 Å². The van der Waals surface area contributed by atoms with Crippen LogP contribution >= 0.6 is 0 Å². The third-order valence-electron chi connectivity index (χ3n) is 5.22. The van der Waals surface area contributed by atoms with E-state index in [1.165, 1.54) is 56.4 Å². The van der Waals surface area contributed by atoms with Gasteiger partial charge < -0.3 is 10.2 Å². The Morgan fingerprint density at radius 2 is 1.80 bits per heavy atom. The second-order valence-corrected chi connectivity index (χ2v) is 7.17. The summed E-state index contributed by atoms with van der Waals surface area (Å²) in [5.41, 5.74) is 3.28. The van der Waals surface area contributed by atoms with E-state index in [4.69, 9.17) is 0 Å². The maximum absolute atomic E-state index is 3.76. The molecule has 1 aromatic carbocycles. The van der Waals surface area contributed by atoms with Gasteiger partial charge in [0.1, 0.15) is 0 Å². The lowest BCUT2D eigenvalue weighted by Crippen LogP contribution is -2.37. The van der Waals surface area contributed by atoms with Crippen molar-refractivity contribution in [2.75, 3.05) is 18.0 Å². The number of benzene rings is 1. The largest absolute Gasteiger partial charge is 0.372 e. The van der Waals surface area contributed by atoms with E-state index < -0.39 is 0 Å². The minimum atomic E-state index is 0.468. The quantitative estimate of drug-likeness (QED) is 0.892. The lowest BCUT2D eigenvalue weighted by Gasteiger charge is -2.28. The van der Waals surface area contributed by atoms with Crippen molar-refractivity contribution in [1.29, 1.82) is 0 Å². The average Bonchev–Trinajstić information content (AvgIpc) is 3.06. The number of nitrogens with one attached hydrogen (secondary N) is 1. The van der Waals surface area contributed by atoms with Gasteiger partial charge in [-0.05, 0) is 48.8 Å². The van der Waals surface area contributed by atoms with Gasteiger partial charge in [-0.25, -0.2) is 0 Å². The van der Waals surface area contributed by atoms with Crippen molar-refractivity contribution in [1.82, 2.24) is 5.32 Å². The van der Waals surface area contributed by atoms with Crippen LogP contribution in [-0.2, 0) is 6.54 Å². The lowest BCUT2D eigenvalue weighted by atomic mass is 9.87. The molecule has 2 nitrogen and oxygen atoms in total. The zero-order chi connectivity index (χ0) is 14.0. The van der Waals surface area contributed by atoms with Crippen LogP contribution in [0.2, 0.25) is 0 Å². The Labute approximate surface area is 123 Å². The van der Waals surface area contributed by atoms with Gasteiger partial charge in [0, 0.05) is 31.4 Å². The highest BCUT2D eigenvalue weighted by atomic mass is 15.1. The van der Waals surface area contributed by atoms with Crippen LogP contribution in [0.5, 0.6) is 0 Å². The minimum Gasteiger partial charge on any atom is -0.372 e. The van der Waals surface area contributed by atoms with Gasteiger partial charge in [-0.3, -0.25) is 0 Å². The molecule has 2 fully saturated rings. The molecule has 2 aliphatic rings. The summed E-state index contributed by atoms with van der Waals surface area (Å²) < 4.78 is 0. The Morgan fingerprint density at radius 1 is 1.10 bits per heavy atom. The maximum Gasteiger partial charge on any atom is 0.0366 e. The first-order valence-corrected chi connectivity index (χ1v) is 8.22. The fourth-order valence-electron chi connectivity index (χ4n) is 3.75. The van der Waals surface area contributed by atoms with E-state index in [0.29, 0.717) is 11.5 Å². The first-order chi connectivity index (χ1) is 9.65. The van der Waals surface area contributed by atoms with E-state index in [1.54, 1.807) is 0 Å². The molecule has 1 saturated heterocycles. The Bertz CT molecular complexity index is 429. The fourth-order valence-corrected chi connectivity index (χ4v) is 3.75. The minimum absolute atomic E-state index is 0.468. The van der Waals surface area contributed by atoms with Crippen molar-refractivity contribution in [3.8, 4) is 0 Å². The second-order valence-electron chi connectivity index (χ2n) is 7.17. The Hall–Kier alpha value is -1.02. The maximum atomic E-state index is 3.76. The molecule has 1 atom stereocenters. The van der Waals surface area contributed by atoms with Crippen molar-refractivity contribution in [2.24, 2.45) is 5.41 Å². The average molecular weight is 272 g/mol. The SMILES string of the molecule is CC1(C)CCCC1NCc1ccc(N2CCCC2)cc1. The summed E-state index contributed by atoms with van der Waals surface area (Å²) in [7, 11) is 0. The highest BCUT2D eigenvalue weighted by molar-refractivity contribution is 5.48. The van der Waals surface area contributed by atoms with Crippen LogP contribution in [0.25, 0.3) is 0 Å². The standard InChI is InChI=1S/C18H28N2/c1-18(2)11-5-6-17(18)19-14-15-7-9-16(10-8-15)20-12-3-4-13-20/h7-10,17,19H,3-6,11-14H2,1-2H3. The van der Waals surface area contributed by atoms with Gasteiger partial charge >= 0.3 is 0 Å². The van der Waals surface area contributed by atoms with Crippen molar-refractivity contribution in [3.05, 3.63) is 29.8 Å². The molecule has 1 unspecified atom stereocenters. The summed E-state index contributed by atoms with van der Waals surface area (Å²) in [5.74, 6) is 0. The van der Waals surface area contributed by atoms with E-state index in [0.717, 1.165) is 6.54 Å². The smallest absolute Gasteiger partial charge is 0.0366 e. The van der Waals surface area contributed by atoms with Crippen molar-refractivity contribution < 1.29 is 0 Å². The van der Waals surface area contributed by atoms with Crippen LogP contribution in [-0.4, -0.2) is 19.1 Å². The molecule has 3 rings (SSSR count). The molecule has 0 bridgehead atoms. The molecule has 110 valence electrons. The summed E-state index contributed by atoms with van der Waals surface area (Å²) in [5, 5.41) is 3.76. The third-order valence-corrected chi connectivity index (χ3v) is 5.22. The molecule has 0 aromatic heterocycles. The molecule has 1 heterocycles. The summed E-state index contributed by atoms with van der Waals surface area (Å²) in [6.07, 6.45) is 6.76. The van der Waals surface area contributed by atoms with Crippen molar-refractivity contribution in [2.45, 2.75) is 58.5 Å². The molecule has 0 amide bonds. The van der Waals surface area contributed by atoms with Gasteiger partial charge in [0.25, 0.3) is 0 Å². The van der Waals surface area contributed by atoms with Crippen LogP contribution in [0.4, 0.5) is 5.69 Å². The van der Waals surface area contributed by atoms with E-state index in [9.17, 15) is 0 Å². The van der Waals surface area contributed by atoms with Gasteiger partial charge in [0.15, 0.2) is 0 Å². The molecule has 0 spiro atoms. The predicted octanol–water partition coefficient (Wildman–Crippen LogP) is 3.96. The highest BCUT2D eigenvalue weighted by Crippen LogP contribution is 2.37. The predicted molar refractivity (Wildman–Crippen MR) is 86.1 cm³/mol. The molecule has 1 aliphatic carbocycles. The number of hydrogen-bond donors (Lipinski definition) is 1. The summed E-state index contributed by atoms with van der Waals surface area (Å²) in [4.78, 5) is 2.50. The van der Waals surface area contributed by atoms with Gasteiger partial charge in [-0.15, -0.1) is 0 Å². The fraction of sp³-hybridized carbons (Fsp3) is 0.667. The van der Waals surface area contributed by atoms with E-state index in [1.807, 2.05) is 0 Å². The molecule has 0 radical (unpaired) electrons. The van der Waals surface area contributed by atoms with Crippen LogP contribution in [0, 0.1) is 5.41 Å².